The molecule has 106 valence electrons. The number of hydrogen-bond acceptors (Lipinski definition) is 1. The lowest BCUT2D eigenvalue weighted by molar-refractivity contribution is 0.543. The first-order valence-corrected chi connectivity index (χ1v) is 7.23. The summed E-state index contributed by atoms with van der Waals surface area (Å²) in [4.78, 5) is 0. The van der Waals surface area contributed by atoms with Crippen LogP contribution in [0.2, 0.25) is 0 Å². The molecule has 2 aromatic rings. The van der Waals surface area contributed by atoms with Crippen LogP contribution < -0.4 is 5.32 Å². The van der Waals surface area contributed by atoms with E-state index in [2.05, 4.69) is 21.2 Å². The van der Waals surface area contributed by atoms with Crippen molar-refractivity contribution < 1.29 is 8.78 Å². The Hall–Kier alpha value is -1.26. The Morgan fingerprint density at radius 3 is 2.05 bits per heavy atom. The molecule has 1 unspecified atom stereocenters. The Bertz CT molecular complexity index is 549. The summed E-state index contributed by atoms with van der Waals surface area (Å²) in [6, 6.07) is 11.9. The summed E-state index contributed by atoms with van der Waals surface area (Å²) in [5.41, 5.74) is 1.85. The molecule has 0 aromatic heterocycles. The number of halogens is 3. The summed E-state index contributed by atoms with van der Waals surface area (Å²) in [6.45, 7) is 0. The Labute approximate surface area is 126 Å². The summed E-state index contributed by atoms with van der Waals surface area (Å²) in [5.74, 6) is -1.06. The topological polar surface area (TPSA) is 12.0 Å². The molecule has 0 heterocycles. The molecule has 4 heteroatoms. The zero-order chi connectivity index (χ0) is 14.5. The summed E-state index contributed by atoms with van der Waals surface area (Å²) < 4.78 is 27.4. The van der Waals surface area contributed by atoms with Crippen LogP contribution in [0.25, 0.3) is 0 Å². The van der Waals surface area contributed by atoms with Gasteiger partial charge in [0, 0.05) is 16.6 Å². The van der Waals surface area contributed by atoms with Gasteiger partial charge in [0.25, 0.3) is 0 Å². The number of nitrogens with one attached hydrogen (secondary N) is 1. The van der Waals surface area contributed by atoms with Crippen molar-refractivity contribution in [3.05, 3.63) is 69.7 Å². The normalized spacial score (nSPS) is 12.4. The molecule has 20 heavy (non-hydrogen) atoms. The van der Waals surface area contributed by atoms with E-state index < -0.39 is 11.6 Å². The molecule has 1 nitrogen and oxygen atoms in total. The lowest BCUT2D eigenvalue weighted by atomic mass is 9.99. The molecule has 1 atom stereocenters. The van der Waals surface area contributed by atoms with Gasteiger partial charge < -0.3 is 5.32 Å². The summed E-state index contributed by atoms with van der Waals surface area (Å²) in [6.07, 6.45) is 1.39. The highest BCUT2D eigenvalue weighted by Gasteiger charge is 2.10. The van der Waals surface area contributed by atoms with Gasteiger partial charge in [0.05, 0.1) is 0 Å². The van der Waals surface area contributed by atoms with E-state index in [1.54, 1.807) is 0 Å². The van der Waals surface area contributed by atoms with Crippen LogP contribution in [0.15, 0.2) is 46.9 Å². The fraction of sp³-hybridized carbons (Fsp3) is 0.250. The maximum atomic E-state index is 13.2. The van der Waals surface area contributed by atoms with Gasteiger partial charge in [-0.1, -0.05) is 28.1 Å². The van der Waals surface area contributed by atoms with Crippen molar-refractivity contribution in [1.82, 2.24) is 5.32 Å². The van der Waals surface area contributed by atoms with Crippen LogP contribution in [0.4, 0.5) is 8.78 Å². The van der Waals surface area contributed by atoms with Gasteiger partial charge in [-0.15, -0.1) is 0 Å². The maximum absolute atomic E-state index is 13.2. The summed E-state index contributed by atoms with van der Waals surface area (Å²) in [7, 11) is 1.86. The minimum Gasteiger partial charge on any atom is -0.316 e. The smallest absolute Gasteiger partial charge is 0.126 e. The number of benzene rings is 2. The van der Waals surface area contributed by atoms with Gasteiger partial charge in [0.1, 0.15) is 11.6 Å². The molecule has 1 N–H and O–H groups in total. The molecule has 0 radical (unpaired) electrons. The Morgan fingerprint density at radius 1 is 0.950 bits per heavy atom. The summed E-state index contributed by atoms with van der Waals surface area (Å²) in [5, 5.41) is 3.20. The third-order valence-electron chi connectivity index (χ3n) is 3.21. The van der Waals surface area contributed by atoms with Crippen molar-refractivity contribution in [2.75, 3.05) is 7.05 Å². The van der Waals surface area contributed by atoms with Crippen molar-refractivity contribution in [2.24, 2.45) is 0 Å². The largest absolute Gasteiger partial charge is 0.316 e. The highest BCUT2D eigenvalue weighted by Crippen LogP contribution is 2.15. The molecule has 0 aliphatic carbocycles. The van der Waals surface area contributed by atoms with Crippen LogP contribution in [0.1, 0.15) is 11.1 Å². The molecule has 0 bridgehead atoms. The number of hydrogen-bond donors (Lipinski definition) is 1. The van der Waals surface area contributed by atoms with Gasteiger partial charge in [-0.3, -0.25) is 0 Å². The average Bonchev–Trinajstić information content (AvgIpc) is 2.39. The van der Waals surface area contributed by atoms with Crippen molar-refractivity contribution >= 4 is 15.9 Å². The van der Waals surface area contributed by atoms with E-state index in [4.69, 9.17) is 0 Å². The molecule has 0 saturated carbocycles. The van der Waals surface area contributed by atoms with E-state index in [1.807, 2.05) is 31.3 Å². The number of rotatable bonds is 5. The van der Waals surface area contributed by atoms with Crippen LogP contribution in [-0.2, 0) is 12.8 Å². The average molecular weight is 340 g/mol. The predicted molar refractivity (Wildman–Crippen MR) is 80.8 cm³/mol. The fourth-order valence-corrected chi connectivity index (χ4v) is 2.46. The lowest BCUT2D eigenvalue weighted by Gasteiger charge is -2.16. The van der Waals surface area contributed by atoms with Crippen LogP contribution in [0.5, 0.6) is 0 Å². The Kier molecular flexibility index (Phi) is 5.26. The standard InChI is InChI=1S/C16H16BrF2N/c1-20-16(8-11-2-4-13(17)5-3-11)9-12-6-14(18)10-15(19)7-12/h2-7,10,16,20H,8-9H2,1H3. The molecular formula is C16H16BrF2N. The molecule has 0 spiro atoms. The second-order valence-electron chi connectivity index (χ2n) is 4.80. The van der Waals surface area contributed by atoms with E-state index in [0.29, 0.717) is 12.0 Å². The van der Waals surface area contributed by atoms with Crippen LogP contribution in [-0.4, -0.2) is 13.1 Å². The second-order valence-corrected chi connectivity index (χ2v) is 5.71. The van der Waals surface area contributed by atoms with Crippen LogP contribution in [0.3, 0.4) is 0 Å². The zero-order valence-corrected chi connectivity index (χ0v) is 12.8. The minimum absolute atomic E-state index is 0.136. The molecule has 0 amide bonds. The Balaban J connectivity index is 2.06. The van der Waals surface area contributed by atoms with Gasteiger partial charge in [-0.2, -0.15) is 0 Å². The van der Waals surface area contributed by atoms with Gasteiger partial charge in [-0.05, 0) is 55.3 Å². The molecule has 0 saturated heterocycles. The van der Waals surface area contributed by atoms with Gasteiger partial charge in [0.15, 0.2) is 0 Å². The third kappa shape index (κ3) is 4.39. The fourth-order valence-electron chi connectivity index (χ4n) is 2.19. The molecular weight excluding hydrogens is 324 g/mol. The van der Waals surface area contributed by atoms with Gasteiger partial charge in [0.2, 0.25) is 0 Å². The SMILES string of the molecule is CNC(Cc1ccc(Br)cc1)Cc1cc(F)cc(F)c1. The van der Waals surface area contributed by atoms with Crippen molar-refractivity contribution in [3.63, 3.8) is 0 Å². The monoisotopic (exact) mass is 339 g/mol. The van der Waals surface area contributed by atoms with E-state index in [-0.39, 0.29) is 6.04 Å². The first-order valence-electron chi connectivity index (χ1n) is 6.43. The third-order valence-corrected chi connectivity index (χ3v) is 3.74. The molecule has 0 aliphatic rings. The van der Waals surface area contributed by atoms with Crippen LogP contribution in [0, 0.1) is 11.6 Å². The lowest BCUT2D eigenvalue weighted by Crippen LogP contribution is -2.30. The van der Waals surface area contributed by atoms with Crippen LogP contribution >= 0.6 is 15.9 Å². The van der Waals surface area contributed by atoms with Gasteiger partial charge in [-0.25, -0.2) is 8.78 Å². The van der Waals surface area contributed by atoms with Crippen molar-refractivity contribution in [2.45, 2.75) is 18.9 Å². The van der Waals surface area contributed by atoms with Gasteiger partial charge >= 0.3 is 0 Å². The quantitative estimate of drug-likeness (QED) is 0.864. The number of likely N-dealkylation sites (N-methyl/N-ethyl adjacent to an activating group) is 1. The summed E-state index contributed by atoms with van der Waals surface area (Å²) >= 11 is 3.40. The zero-order valence-electron chi connectivity index (χ0n) is 11.2. The maximum Gasteiger partial charge on any atom is 0.126 e. The van der Waals surface area contributed by atoms with Crippen molar-refractivity contribution in [1.29, 1.82) is 0 Å². The highest BCUT2D eigenvalue weighted by atomic mass is 79.9. The van der Waals surface area contributed by atoms with E-state index in [0.717, 1.165) is 17.0 Å². The van der Waals surface area contributed by atoms with E-state index >= 15 is 0 Å². The molecule has 2 rings (SSSR count). The first kappa shape index (κ1) is 15.1. The minimum atomic E-state index is -0.529. The predicted octanol–water partition coefficient (Wildman–Crippen LogP) is 4.10. The first-order chi connectivity index (χ1) is 9.56. The van der Waals surface area contributed by atoms with Crippen molar-refractivity contribution in [3.8, 4) is 0 Å². The molecule has 0 fully saturated rings. The Morgan fingerprint density at radius 2 is 1.50 bits per heavy atom. The second kappa shape index (κ2) is 6.95. The molecule has 2 aromatic carbocycles. The van der Waals surface area contributed by atoms with E-state index in [9.17, 15) is 8.78 Å². The molecule has 0 aliphatic heterocycles. The highest BCUT2D eigenvalue weighted by molar-refractivity contribution is 9.10. The van der Waals surface area contributed by atoms with E-state index in [1.165, 1.54) is 17.7 Å².